The van der Waals surface area contributed by atoms with Gasteiger partial charge in [-0.3, -0.25) is 4.79 Å². The summed E-state index contributed by atoms with van der Waals surface area (Å²) in [5.41, 5.74) is 1.59. The molecule has 1 aromatic heterocycles. The van der Waals surface area contributed by atoms with Gasteiger partial charge in [0.1, 0.15) is 6.54 Å². The van der Waals surface area contributed by atoms with E-state index in [0.29, 0.717) is 5.02 Å². The molecule has 5 heteroatoms. The molecular formula is C11H9ClN2O2. The summed E-state index contributed by atoms with van der Waals surface area (Å²) in [5, 5.41) is 9.35. The summed E-state index contributed by atoms with van der Waals surface area (Å²) in [5.74, 6) is -0.902. The molecule has 0 bridgehead atoms. The molecule has 0 amide bonds. The van der Waals surface area contributed by atoms with Crippen LogP contribution in [0, 0.1) is 0 Å². The maximum atomic E-state index is 10.6. The molecule has 0 saturated heterocycles. The zero-order chi connectivity index (χ0) is 11.5. The molecule has 0 unspecified atom stereocenters. The van der Waals surface area contributed by atoms with Gasteiger partial charge in [0.25, 0.3) is 0 Å². The summed E-state index contributed by atoms with van der Waals surface area (Å²) in [6.45, 7) is -0.109. The fourth-order valence-corrected chi connectivity index (χ4v) is 1.67. The van der Waals surface area contributed by atoms with Crippen LogP contribution >= 0.6 is 11.6 Å². The van der Waals surface area contributed by atoms with Crippen LogP contribution in [0.3, 0.4) is 0 Å². The van der Waals surface area contributed by atoms with Crippen molar-refractivity contribution in [3.8, 4) is 11.3 Å². The second-order valence-electron chi connectivity index (χ2n) is 3.31. The van der Waals surface area contributed by atoms with Crippen LogP contribution < -0.4 is 0 Å². The SMILES string of the molecule is O=C(O)Cn1cncc1-c1cccc(Cl)c1. The lowest BCUT2D eigenvalue weighted by atomic mass is 10.2. The topological polar surface area (TPSA) is 55.1 Å². The average molecular weight is 237 g/mol. The highest BCUT2D eigenvalue weighted by Crippen LogP contribution is 2.22. The van der Waals surface area contributed by atoms with E-state index in [1.807, 2.05) is 12.1 Å². The number of carboxylic acid groups (broad SMARTS) is 1. The van der Waals surface area contributed by atoms with Crippen LogP contribution in [0.15, 0.2) is 36.8 Å². The molecule has 0 fully saturated rings. The maximum absolute atomic E-state index is 10.6. The minimum Gasteiger partial charge on any atom is -0.480 e. The van der Waals surface area contributed by atoms with Crippen LogP contribution in [0.25, 0.3) is 11.3 Å². The quantitative estimate of drug-likeness (QED) is 0.890. The maximum Gasteiger partial charge on any atom is 0.323 e. The Morgan fingerprint density at radius 1 is 1.50 bits per heavy atom. The third kappa shape index (κ3) is 2.23. The van der Waals surface area contributed by atoms with Crippen LogP contribution in [0.5, 0.6) is 0 Å². The molecule has 0 aliphatic carbocycles. The van der Waals surface area contributed by atoms with Crippen molar-refractivity contribution in [1.82, 2.24) is 9.55 Å². The van der Waals surface area contributed by atoms with E-state index in [2.05, 4.69) is 4.98 Å². The number of aliphatic carboxylic acids is 1. The zero-order valence-corrected chi connectivity index (χ0v) is 9.05. The largest absolute Gasteiger partial charge is 0.480 e. The van der Waals surface area contributed by atoms with Crippen molar-refractivity contribution in [3.63, 3.8) is 0 Å². The molecular weight excluding hydrogens is 228 g/mol. The summed E-state index contributed by atoms with van der Waals surface area (Å²) in [4.78, 5) is 14.6. The van der Waals surface area contributed by atoms with Gasteiger partial charge >= 0.3 is 5.97 Å². The molecule has 82 valence electrons. The van der Waals surface area contributed by atoms with Crippen LogP contribution in [-0.4, -0.2) is 20.6 Å². The first-order valence-corrected chi connectivity index (χ1v) is 5.02. The number of benzene rings is 1. The van der Waals surface area contributed by atoms with E-state index < -0.39 is 5.97 Å². The Labute approximate surface area is 97.1 Å². The number of hydrogen-bond donors (Lipinski definition) is 1. The lowest BCUT2D eigenvalue weighted by Crippen LogP contribution is -2.08. The molecule has 16 heavy (non-hydrogen) atoms. The van der Waals surface area contributed by atoms with Gasteiger partial charge in [-0.25, -0.2) is 4.98 Å². The summed E-state index contributed by atoms with van der Waals surface area (Å²) < 4.78 is 1.56. The molecule has 0 aliphatic heterocycles. The molecule has 1 heterocycles. The highest BCUT2D eigenvalue weighted by Gasteiger charge is 2.07. The van der Waals surface area contributed by atoms with Gasteiger partial charge < -0.3 is 9.67 Å². The number of rotatable bonds is 3. The van der Waals surface area contributed by atoms with Crippen molar-refractivity contribution in [2.24, 2.45) is 0 Å². The highest BCUT2D eigenvalue weighted by atomic mass is 35.5. The van der Waals surface area contributed by atoms with Crippen molar-refractivity contribution >= 4 is 17.6 Å². The Hall–Kier alpha value is -1.81. The number of halogens is 1. The van der Waals surface area contributed by atoms with Gasteiger partial charge in [-0.1, -0.05) is 23.7 Å². The third-order valence-corrected chi connectivity index (χ3v) is 2.37. The smallest absolute Gasteiger partial charge is 0.323 e. The Morgan fingerprint density at radius 3 is 3.00 bits per heavy atom. The van der Waals surface area contributed by atoms with E-state index in [4.69, 9.17) is 16.7 Å². The van der Waals surface area contributed by atoms with Gasteiger partial charge in [0.15, 0.2) is 0 Å². The number of imidazole rings is 1. The Morgan fingerprint density at radius 2 is 2.31 bits per heavy atom. The fourth-order valence-electron chi connectivity index (χ4n) is 1.48. The molecule has 0 saturated carbocycles. The summed E-state index contributed by atoms with van der Waals surface area (Å²) in [6, 6.07) is 7.22. The average Bonchev–Trinajstić information content (AvgIpc) is 2.65. The second-order valence-corrected chi connectivity index (χ2v) is 3.75. The summed E-state index contributed by atoms with van der Waals surface area (Å²) >= 11 is 5.87. The van der Waals surface area contributed by atoms with E-state index >= 15 is 0 Å². The predicted molar refractivity (Wildman–Crippen MR) is 60.3 cm³/mol. The first-order chi connectivity index (χ1) is 7.66. The first-order valence-electron chi connectivity index (χ1n) is 4.64. The van der Waals surface area contributed by atoms with Gasteiger partial charge in [-0.15, -0.1) is 0 Å². The van der Waals surface area contributed by atoms with Crippen molar-refractivity contribution in [2.75, 3.05) is 0 Å². The van der Waals surface area contributed by atoms with Gasteiger partial charge in [0, 0.05) is 10.6 Å². The Bertz CT molecular complexity index is 522. The third-order valence-electron chi connectivity index (χ3n) is 2.14. The molecule has 0 aliphatic rings. The molecule has 1 N–H and O–H groups in total. The molecule has 4 nitrogen and oxygen atoms in total. The Kier molecular flexibility index (Phi) is 2.92. The van der Waals surface area contributed by atoms with Gasteiger partial charge in [-0.05, 0) is 12.1 Å². The highest BCUT2D eigenvalue weighted by molar-refractivity contribution is 6.30. The van der Waals surface area contributed by atoms with E-state index in [9.17, 15) is 4.79 Å². The van der Waals surface area contributed by atoms with E-state index in [1.165, 1.54) is 6.33 Å². The van der Waals surface area contributed by atoms with Crippen LogP contribution in [-0.2, 0) is 11.3 Å². The van der Waals surface area contributed by atoms with Crippen molar-refractivity contribution < 1.29 is 9.90 Å². The molecule has 2 rings (SSSR count). The number of aromatic nitrogens is 2. The normalized spacial score (nSPS) is 10.3. The van der Waals surface area contributed by atoms with Crippen LogP contribution in [0.4, 0.5) is 0 Å². The first kappa shape index (κ1) is 10.7. The minimum absolute atomic E-state index is 0.109. The standard InChI is InChI=1S/C11H9ClN2O2/c12-9-3-1-2-8(4-9)10-5-13-7-14(10)6-11(15)16/h1-5,7H,6H2,(H,15,16). The number of carboxylic acids is 1. The fraction of sp³-hybridized carbons (Fsp3) is 0.0909. The van der Waals surface area contributed by atoms with Crippen molar-refractivity contribution in [3.05, 3.63) is 41.8 Å². The molecule has 0 atom stereocenters. The predicted octanol–water partition coefficient (Wildman–Crippen LogP) is 2.29. The molecule has 0 spiro atoms. The lowest BCUT2D eigenvalue weighted by molar-refractivity contribution is -0.137. The number of carbonyl (C=O) groups is 1. The van der Waals surface area contributed by atoms with E-state index in [1.54, 1.807) is 22.9 Å². The van der Waals surface area contributed by atoms with Crippen LogP contribution in [0.1, 0.15) is 0 Å². The zero-order valence-electron chi connectivity index (χ0n) is 8.30. The van der Waals surface area contributed by atoms with Crippen LogP contribution in [0.2, 0.25) is 5.02 Å². The van der Waals surface area contributed by atoms with Crippen molar-refractivity contribution in [2.45, 2.75) is 6.54 Å². The molecule has 1 aromatic carbocycles. The number of nitrogens with zero attached hydrogens (tertiary/aromatic N) is 2. The monoisotopic (exact) mass is 236 g/mol. The van der Waals surface area contributed by atoms with Crippen molar-refractivity contribution in [1.29, 1.82) is 0 Å². The van der Waals surface area contributed by atoms with E-state index in [-0.39, 0.29) is 6.54 Å². The van der Waals surface area contributed by atoms with E-state index in [0.717, 1.165) is 11.3 Å². The summed E-state index contributed by atoms with van der Waals surface area (Å²) in [7, 11) is 0. The molecule has 2 aromatic rings. The van der Waals surface area contributed by atoms with Gasteiger partial charge in [-0.2, -0.15) is 0 Å². The Balaban J connectivity index is 2.40. The molecule has 0 radical (unpaired) electrons. The second kappa shape index (κ2) is 4.37. The minimum atomic E-state index is -0.902. The number of hydrogen-bond acceptors (Lipinski definition) is 2. The summed E-state index contributed by atoms with van der Waals surface area (Å²) in [6.07, 6.45) is 3.11. The lowest BCUT2D eigenvalue weighted by Gasteiger charge is -2.05. The van der Waals surface area contributed by atoms with Gasteiger partial charge in [0.05, 0.1) is 18.2 Å². The van der Waals surface area contributed by atoms with Gasteiger partial charge in [0.2, 0.25) is 0 Å².